The van der Waals surface area contributed by atoms with Gasteiger partial charge in [-0.3, -0.25) is 0 Å². The number of methoxy groups -OCH3 is 1. The van der Waals surface area contributed by atoms with Crippen molar-refractivity contribution in [2.24, 2.45) is 0 Å². The van der Waals surface area contributed by atoms with Crippen LogP contribution in [0.4, 0.5) is 0 Å². The fraction of sp³-hybridized carbons (Fsp3) is 0.571. The monoisotopic (exact) mass is 142 g/mol. The maximum Gasteiger partial charge on any atom is 0.381 e. The molecule has 0 fully saturated rings. The Kier molecular flexibility index (Phi) is 5.50. The van der Waals surface area contributed by atoms with E-state index in [4.69, 9.17) is 9.84 Å². The molecule has 0 aromatic rings. The van der Waals surface area contributed by atoms with E-state index in [0.717, 1.165) is 6.42 Å². The molecule has 0 aliphatic rings. The number of aliphatic carboxylic acids is 1. The molecule has 0 aromatic carbocycles. The summed E-state index contributed by atoms with van der Waals surface area (Å²) < 4.78 is 4.73. The van der Waals surface area contributed by atoms with Gasteiger partial charge in [-0.1, -0.05) is 5.92 Å². The van der Waals surface area contributed by atoms with Crippen molar-refractivity contribution in [2.45, 2.75) is 12.8 Å². The van der Waals surface area contributed by atoms with E-state index in [-0.39, 0.29) is 0 Å². The number of carboxylic acids is 1. The number of hydrogen-bond donors (Lipinski definition) is 1. The van der Waals surface area contributed by atoms with E-state index in [0.29, 0.717) is 13.0 Å². The van der Waals surface area contributed by atoms with Crippen molar-refractivity contribution in [3.63, 3.8) is 0 Å². The SMILES string of the molecule is COCCCC#CC(=O)O. The van der Waals surface area contributed by atoms with E-state index in [1.165, 1.54) is 0 Å². The first kappa shape index (κ1) is 8.99. The number of ether oxygens (including phenoxy) is 1. The normalized spacial score (nSPS) is 8.10. The minimum Gasteiger partial charge on any atom is -0.472 e. The van der Waals surface area contributed by atoms with Gasteiger partial charge in [0.15, 0.2) is 0 Å². The second kappa shape index (κ2) is 6.12. The predicted molar refractivity (Wildman–Crippen MR) is 36.5 cm³/mol. The molecule has 3 heteroatoms. The maximum absolute atomic E-state index is 9.83. The Labute approximate surface area is 60.0 Å². The van der Waals surface area contributed by atoms with Gasteiger partial charge in [0.05, 0.1) is 0 Å². The quantitative estimate of drug-likeness (QED) is 0.461. The molecular weight excluding hydrogens is 132 g/mol. The third-order valence-corrected chi connectivity index (χ3v) is 0.846. The summed E-state index contributed by atoms with van der Waals surface area (Å²) in [6.45, 7) is 0.633. The molecule has 0 bridgehead atoms. The summed E-state index contributed by atoms with van der Waals surface area (Å²) in [5.41, 5.74) is 0. The van der Waals surface area contributed by atoms with Gasteiger partial charge in [-0.05, 0) is 6.42 Å². The predicted octanol–water partition coefficient (Wildman–Crippen LogP) is 0.501. The van der Waals surface area contributed by atoms with Crippen molar-refractivity contribution in [3.8, 4) is 11.8 Å². The van der Waals surface area contributed by atoms with Gasteiger partial charge in [0, 0.05) is 26.1 Å². The fourth-order valence-electron chi connectivity index (χ4n) is 0.443. The Balaban J connectivity index is 3.20. The largest absolute Gasteiger partial charge is 0.472 e. The molecule has 10 heavy (non-hydrogen) atoms. The van der Waals surface area contributed by atoms with Crippen molar-refractivity contribution in [1.29, 1.82) is 0 Å². The third-order valence-electron chi connectivity index (χ3n) is 0.846. The standard InChI is InChI=1S/C7H10O3/c1-10-6-4-2-3-5-7(8)9/h2,4,6H2,1H3,(H,8,9). The number of unbranched alkanes of at least 4 members (excludes halogenated alkanes) is 1. The van der Waals surface area contributed by atoms with Crippen LogP contribution in [0, 0.1) is 11.8 Å². The van der Waals surface area contributed by atoms with Gasteiger partial charge in [0.1, 0.15) is 0 Å². The highest BCUT2D eigenvalue weighted by molar-refractivity contribution is 5.86. The van der Waals surface area contributed by atoms with Crippen LogP contribution in [0.3, 0.4) is 0 Å². The first-order valence-electron chi connectivity index (χ1n) is 2.98. The van der Waals surface area contributed by atoms with Crippen LogP contribution >= 0.6 is 0 Å². The smallest absolute Gasteiger partial charge is 0.381 e. The average Bonchev–Trinajstić information content (AvgIpc) is 1.87. The molecule has 0 amide bonds. The Hall–Kier alpha value is -1.01. The number of rotatable bonds is 3. The fourth-order valence-corrected chi connectivity index (χ4v) is 0.443. The topological polar surface area (TPSA) is 46.5 Å². The van der Waals surface area contributed by atoms with Crippen molar-refractivity contribution in [1.82, 2.24) is 0 Å². The second-order valence-corrected chi connectivity index (χ2v) is 1.70. The van der Waals surface area contributed by atoms with Crippen molar-refractivity contribution in [2.75, 3.05) is 13.7 Å². The molecular formula is C7H10O3. The number of hydrogen-bond acceptors (Lipinski definition) is 2. The molecule has 3 nitrogen and oxygen atoms in total. The van der Waals surface area contributed by atoms with Crippen molar-refractivity contribution < 1.29 is 14.6 Å². The lowest BCUT2D eigenvalue weighted by Crippen LogP contribution is -1.88. The summed E-state index contributed by atoms with van der Waals surface area (Å²) in [6, 6.07) is 0. The Bertz CT molecular complexity index is 152. The summed E-state index contributed by atoms with van der Waals surface area (Å²) in [7, 11) is 1.60. The molecule has 0 atom stereocenters. The van der Waals surface area contributed by atoms with Gasteiger partial charge in [-0.25, -0.2) is 4.79 Å². The van der Waals surface area contributed by atoms with Crippen LogP contribution in [0.5, 0.6) is 0 Å². The highest BCUT2D eigenvalue weighted by Gasteiger charge is 1.83. The van der Waals surface area contributed by atoms with Gasteiger partial charge >= 0.3 is 5.97 Å². The summed E-state index contributed by atoms with van der Waals surface area (Å²) in [4.78, 5) is 9.83. The van der Waals surface area contributed by atoms with Crippen LogP contribution in [0.15, 0.2) is 0 Å². The Morgan fingerprint density at radius 1 is 1.70 bits per heavy atom. The molecule has 0 saturated heterocycles. The van der Waals surface area contributed by atoms with Gasteiger partial charge in [-0.15, -0.1) is 0 Å². The molecule has 0 rings (SSSR count). The van der Waals surface area contributed by atoms with E-state index >= 15 is 0 Å². The van der Waals surface area contributed by atoms with E-state index in [1.54, 1.807) is 7.11 Å². The van der Waals surface area contributed by atoms with E-state index < -0.39 is 5.97 Å². The van der Waals surface area contributed by atoms with Gasteiger partial charge in [0.25, 0.3) is 0 Å². The lowest BCUT2D eigenvalue weighted by atomic mass is 10.3. The Morgan fingerprint density at radius 2 is 2.40 bits per heavy atom. The molecule has 0 heterocycles. The van der Waals surface area contributed by atoms with Crippen LogP contribution in [0.2, 0.25) is 0 Å². The van der Waals surface area contributed by atoms with E-state index in [9.17, 15) is 4.79 Å². The summed E-state index contributed by atoms with van der Waals surface area (Å²) in [6.07, 6.45) is 1.37. The average molecular weight is 142 g/mol. The van der Waals surface area contributed by atoms with Crippen LogP contribution < -0.4 is 0 Å². The molecule has 0 aliphatic heterocycles. The van der Waals surface area contributed by atoms with Crippen molar-refractivity contribution in [3.05, 3.63) is 0 Å². The van der Waals surface area contributed by atoms with Crippen molar-refractivity contribution >= 4 is 5.97 Å². The minimum atomic E-state index is -1.07. The first-order chi connectivity index (χ1) is 4.77. The molecule has 0 aromatic heterocycles. The zero-order valence-electron chi connectivity index (χ0n) is 5.89. The summed E-state index contributed by atoms with van der Waals surface area (Å²) in [5.74, 6) is 3.43. The van der Waals surface area contributed by atoms with Gasteiger partial charge in [-0.2, -0.15) is 0 Å². The lowest BCUT2D eigenvalue weighted by Gasteiger charge is -1.89. The molecule has 0 spiro atoms. The van der Waals surface area contributed by atoms with Crippen LogP contribution in [0.1, 0.15) is 12.8 Å². The highest BCUT2D eigenvalue weighted by Crippen LogP contribution is 1.85. The highest BCUT2D eigenvalue weighted by atomic mass is 16.5. The van der Waals surface area contributed by atoms with E-state index in [1.807, 2.05) is 5.92 Å². The molecule has 56 valence electrons. The van der Waals surface area contributed by atoms with E-state index in [2.05, 4.69) is 5.92 Å². The third kappa shape index (κ3) is 6.99. The van der Waals surface area contributed by atoms with Crippen LogP contribution in [0.25, 0.3) is 0 Å². The van der Waals surface area contributed by atoms with Crippen LogP contribution in [-0.2, 0) is 9.53 Å². The molecule has 0 radical (unpaired) electrons. The number of carboxylic acid groups (broad SMARTS) is 1. The molecule has 0 saturated carbocycles. The summed E-state index contributed by atoms with van der Waals surface area (Å²) in [5, 5.41) is 8.07. The van der Waals surface area contributed by atoms with Gasteiger partial charge in [0.2, 0.25) is 0 Å². The molecule has 0 aliphatic carbocycles. The second-order valence-electron chi connectivity index (χ2n) is 1.70. The Morgan fingerprint density at radius 3 is 2.90 bits per heavy atom. The zero-order valence-corrected chi connectivity index (χ0v) is 5.89. The van der Waals surface area contributed by atoms with Crippen LogP contribution in [-0.4, -0.2) is 24.8 Å². The summed E-state index contributed by atoms with van der Waals surface area (Å²) >= 11 is 0. The minimum absolute atomic E-state index is 0.583. The lowest BCUT2D eigenvalue weighted by molar-refractivity contribution is -0.130. The zero-order chi connectivity index (χ0) is 7.82. The van der Waals surface area contributed by atoms with Gasteiger partial charge < -0.3 is 9.84 Å². The first-order valence-corrected chi connectivity index (χ1v) is 2.98. The number of carbonyl (C=O) groups is 1. The molecule has 1 N–H and O–H groups in total. The molecule has 0 unspecified atom stereocenters. The maximum atomic E-state index is 9.83.